The monoisotopic (exact) mass is 394 g/mol. The van der Waals surface area contributed by atoms with Gasteiger partial charge in [0.05, 0.1) is 5.92 Å². The van der Waals surface area contributed by atoms with E-state index in [9.17, 15) is 19.2 Å². The Morgan fingerprint density at radius 3 is 2.31 bits per heavy atom. The first-order valence-corrected chi connectivity index (χ1v) is 9.86. The number of carboxylic acid groups (broad SMARTS) is 1. The Morgan fingerprint density at radius 2 is 1.69 bits per heavy atom. The van der Waals surface area contributed by atoms with E-state index in [2.05, 4.69) is 0 Å². The molecule has 1 saturated heterocycles. The highest BCUT2D eigenvalue weighted by Crippen LogP contribution is 2.30. The van der Waals surface area contributed by atoms with Gasteiger partial charge in [0.2, 0.25) is 5.91 Å². The van der Waals surface area contributed by atoms with Gasteiger partial charge in [0.15, 0.2) is 0 Å². The number of amides is 3. The summed E-state index contributed by atoms with van der Waals surface area (Å²) >= 11 is 0. The summed E-state index contributed by atoms with van der Waals surface area (Å²) in [4.78, 5) is 52.1. The van der Waals surface area contributed by atoms with Crippen molar-refractivity contribution in [3.05, 3.63) is 47.5 Å². The zero-order chi connectivity index (χ0) is 20.5. The highest BCUT2D eigenvalue weighted by Gasteiger charge is 2.33. The number of carbonyl (C=O) groups is 4. The van der Waals surface area contributed by atoms with Crippen molar-refractivity contribution in [2.24, 2.45) is 5.92 Å². The van der Waals surface area contributed by atoms with E-state index in [-0.39, 0.29) is 37.2 Å². The third-order valence-corrected chi connectivity index (χ3v) is 5.75. The van der Waals surface area contributed by atoms with Crippen molar-refractivity contribution in [1.82, 2.24) is 9.80 Å². The van der Waals surface area contributed by atoms with Crippen molar-refractivity contribution in [3.63, 3.8) is 0 Å². The number of hydrogen-bond acceptors (Lipinski definition) is 4. The summed E-state index contributed by atoms with van der Waals surface area (Å²) in [5.74, 6) is -2.20. The summed E-state index contributed by atoms with van der Waals surface area (Å²) in [5.41, 5.74) is 1.01. The van der Waals surface area contributed by atoms with E-state index in [0.717, 1.165) is 5.39 Å². The highest BCUT2D eigenvalue weighted by atomic mass is 16.4. The maximum Gasteiger partial charge on any atom is 0.308 e. The van der Waals surface area contributed by atoms with Crippen LogP contribution in [0.4, 0.5) is 0 Å². The van der Waals surface area contributed by atoms with Gasteiger partial charge in [-0.25, -0.2) is 0 Å². The van der Waals surface area contributed by atoms with E-state index in [0.29, 0.717) is 42.3 Å². The number of hydrogen-bond donors (Lipinski definition) is 1. The molecule has 3 amide bonds. The fourth-order valence-electron chi connectivity index (χ4n) is 4.24. The topological polar surface area (TPSA) is 95.0 Å². The molecule has 1 N–H and O–H groups in total. The fraction of sp³-hybridized carbons (Fsp3) is 0.364. The minimum absolute atomic E-state index is 0.129. The van der Waals surface area contributed by atoms with Gasteiger partial charge in [0, 0.05) is 42.6 Å². The summed E-state index contributed by atoms with van der Waals surface area (Å²) in [6, 6.07) is 10.8. The summed E-state index contributed by atoms with van der Waals surface area (Å²) in [6.45, 7) is 0.939. The average Bonchev–Trinajstić information content (AvgIpc) is 2.74. The maximum atomic E-state index is 12.9. The molecule has 2 heterocycles. The third kappa shape index (κ3) is 3.48. The number of benzene rings is 2. The molecule has 0 aromatic heterocycles. The van der Waals surface area contributed by atoms with Crippen LogP contribution < -0.4 is 0 Å². The lowest BCUT2D eigenvalue weighted by Crippen LogP contribution is -2.43. The Hall–Kier alpha value is -3.22. The van der Waals surface area contributed by atoms with Crippen LogP contribution in [-0.4, -0.2) is 58.2 Å². The summed E-state index contributed by atoms with van der Waals surface area (Å²) in [5, 5.41) is 10.7. The van der Waals surface area contributed by atoms with E-state index < -0.39 is 11.9 Å². The van der Waals surface area contributed by atoms with Gasteiger partial charge < -0.3 is 10.0 Å². The first kappa shape index (κ1) is 19.1. The van der Waals surface area contributed by atoms with Gasteiger partial charge in [-0.05, 0) is 36.8 Å². The lowest BCUT2D eigenvalue weighted by molar-refractivity contribution is -0.145. The minimum atomic E-state index is -0.875. The van der Waals surface area contributed by atoms with Crippen molar-refractivity contribution >= 4 is 34.5 Å². The maximum absolute atomic E-state index is 12.9. The van der Waals surface area contributed by atoms with Crippen LogP contribution in [0.2, 0.25) is 0 Å². The van der Waals surface area contributed by atoms with Crippen LogP contribution >= 0.6 is 0 Å². The number of aliphatic carboxylic acids is 1. The zero-order valence-electron chi connectivity index (χ0n) is 16.0. The highest BCUT2D eigenvalue weighted by molar-refractivity contribution is 6.25. The predicted octanol–water partition coefficient (Wildman–Crippen LogP) is 2.54. The van der Waals surface area contributed by atoms with Crippen LogP contribution in [0.25, 0.3) is 10.8 Å². The average molecular weight is 394 g/mol. The molecule has 1 atom stereocenters. The SMILES string of the molecule is O=C(O)C1CCCN(C(=O)CCCN2C(=O)c3cccc4cccc(c34)C2=O)C1. The molecule has 0 aliphatic carbocycles. The number of carboxylic acids is 1. The smallest absolute Gasteiger partial charge is 0.308 e. The largest absolute Gasteiger partial charge is 0.481 e. The van der Waals surface area contributed by atoms with Crippen molar-refractivity contribution in [1.29, 1.82) is 0 Å². The standard InChI is InChI=1S/C22H22N2O5/c25-18(23-11-3-7-15(13-23)22(28)29)10-4-12-24-20(26)16-8-1-5-14-6-2-9-17(19(14)16)21(24)27/h1-2,5-6,8-9,15H,3-4,7,10-13H2,(H,28,29). The van der Waals surface area contributed by atoms with Crippen LogP contribution in [0.15, 0.2) is 36.4 Å². The van der Waals surface area contributed by atoms with E-state index in [1.54, 1.807) is 29.2 Å². The summed E-state index contributed by atoms with van der Waals surface area (Å²) < 4.78 is 0. The van der Waals surface area contributed by atoms with Gasteiger partial charge in [-0.3, -0.25) is 24.1 Å². The lowest BCUT2D eigenvalue weighted by atomic mass is 9.94. The number of piperidine rings is 1. The van der Waals surface area contributed by atoms with Crippen LogP contribution in [0.1, 0.15) is 46.4 Å². The summed E-state index contributed by atoms with van der Waals surface area (Å²) in [6.07, 6.45) is 1.78. The molecule has 2 aromatic carbocycles. The molecule has 7 nitrogen and oxygen atoms in total. The molecule has 7 heteroatoms. The number of rotatable bonds is 5. The van der Waals surface area contributed by atoms with Gasteiger partial charge in [0.1, 0.15) is 0 Å². The first-order chi connectivity index (χ1) is 14.0. The Kier molecular flexibility index (Phi) is 5.05. The van der Waals surface area contributed by atoms with Crippen LogP contribution in [0.5, 0.6) is 0 Å². The summed E-state index contributed by atoms with van der Waals surface area (Å²) in [7, 11) is 0. The Labute approximate surface area is 167 Å². The van der Waals surface area contributed by atoms with Gasteiger partial charge >= 0.3 is 5.97 Å². The van der Waals surface area contributed by atoms with Crippen LogP contribution in [0.3, 0.4) is 0 Å². The number of likely N-dealkylation sites (tertiary alicyclic amines) is 1. The van der Waals surface area contributed by atoms with Crippen molar-refractivity contribution in [2.75, 3.05) is 19.6 Å². The molecular weight excluding hydrogens is 372 g/mol. The number of carbonyl (C=O) groups excluding carboxylic acids is 3. The quantitative estimate of drug-likeness (QED) is 0.787. The van der Waals surface area contributed by atoms with Gasteiger partial charge in [0.25, 0.3) is 11.8 Å². The molecule has 150 valence electrons. The van der Waals surface area contributed by atoms with E-state index in [1.807, 2.05) is 12.1 Å². The molecule has 0 saturated carbocycles. The second kappa shape index (κ2) is 7.66. The molecule has 4 rings (SSSR count). The second-order valence-corrected chi connectivity index (χ2v) is 7.59. The molecule has 2 aliphatic heterocycles. The number of nitrogens with zero attached hydrogens (tertiary/aromatic N) is 2. The number of imide groups is 1. The Morgan fingerprint density at radius 1 is 1.03 bits per heavy atom. The normalized spacial score (nSPS) is 19.0. The zero-order valence-corrected chi connectivity index (χ0v) is 16.0. The molecule has 2 aromatic rings. The third-order valence-electron chi connectivity index (χ3n) is 5.75. The van der Waals surface area contributed by atoms with Gasteiger partial charge in [-0.2, -0.15) is 0 Å². The van der Waals surface area contributed by atoms with Crippen molar-refractivity contribution in [3.8, 4) is 0 Å². The molecule has 0 radical (unpaired) electrons. The van der Waals surface area contributed by atoms with Crippen LogP contribution in [0, 0.1) is 5.92 Å². The second-order valence-electron chi connectivity index (χ2n) is 7.59. The first-order valence-electron chi connectivity index (χ1n) is 9.86. The lowest BCUT2D eigenvalue weighted by Gasteiger charge is -2.31. The predicted molar refractivity (Wildman–Crippen MR) is 105 cm³/mol. The molecule has 0 spiro atoms. The molecule has 2 aliphatic rings. The van der Waals surface area contributed by atoms with E-state index >= 15 is 0 Å². The van der Waals surface area contributed by atoms with E-state index in [4.69, 9.17) is 5.11 Å². The Bertz CT molecular complexity index is 965. The van der Waals surface area contributed by atoms with Gasteiger partial charge in [-0.1, -0.05) is 24.3 Å². The van der Waals surface area contributed by atoms with Crippen LogP contribution in [-0.2, 0) is 9.59 Å². The van der Waals surface area contributed by atoms with Crippen molar-refractivity contribution < 1.29 is 24.3 Å². The molecular formula is C22H22N2O5. The van der Waals surface area contributed by atoms with Crippen molar-refractivity contribution in [2.45, 2.75) is 25.7 Å². The van der Waals surface area contributed by atoms with E-state index in [1.165, 1.54) is 4.90 Å². The molecule has 1 unspecified atom stereocenters. The molecule has 0 bridgehead atoms. The fourth-order valence-corrected chi connectivity index (χ4v) is 4.24. The molecule has 1 fully saturated rings. The minimum Gasteiger partial charge on any atom is -0.481 e. The molecule has 29 heavy (non-hydrogen) atoms. The Balaban J connectivity index is 1.42. The van der Waals surface area contributed by atoms with Gasteiger partial charge in [-0.15, -0.1) is 0 Å².